The fraction of sp³-hybridized carbons (Fsp3) is 0.208. The topological polar surface area (TPSA) is 227 Å². The summed E-state index contributed by atoms with van der Waals surface area (Å²) in [7, 11) is 1.58. The molecule has 8 aromatic rings. The number of nitrogen functional groups attached to an aromatic ring is 2. The SMILES string of the molecule is COc1cccc(NC(=O)Nc2ccc(-c3cc(C(C)(C)C)nc4n[nH]c(N)c34)cc2)c1.Cc1ccc(NC(=O)Nc2ccc(-c3cc(C(C)(C)C)nc4n[nH]c(N)c34)cc2)cc1. The molecule has 4 heterocycles. The zero-order valence-electron chi connectivity index (χ0n) is 36.6. The van der Waals surface area contributed by atoms with Gasteiger partial charge >= 0.3 is 12.1 Å². The summed E-state index contributed by atoms with van der Waals surface area (Å²) in [6.07, 6.45) is 0. The Balaban J connectivity index is 0.000000189. The third kappa shape index (κ3) is 10.2. The Morgan fingerprint density at radius 3 is 1.35 bits per heavy atom. The Kier molecular flexibility index (Phi) is 12.0. The van der Waals surface area contributed by atoms with Crippen LogP contribution < -0.4 is 37.5 Å². The smallest absolute Gasteiger partial charge is 0.323 e. The first-order chi connectivity index (χ1) is 29.9. The number of benzene rings is 4. The number of hydrogen-bond donors (Lipinski definition) is 8. The number of aryl methyl sites for hydroxylation is 1. The number of nitrogens with one attached hydrogen (secondary N) is 6. The van der Waals surface area contributed by atoms with Crippen LogP contribution in [0, 0.1) is 6.92 Å². The number of nitrogens with two attached hydrogens (primary N) is 2. The lowest BCUT2D eigenvalue weighted by Crippen LogP contribution is -2.19. The van der Waals surface area contributed by atoms with Gasteiger partial charge in [-0.25, -0.2) is 19.6 Å². The number of urea groups is 2. The van der Waals surface area contributed by atoms with Gasteiger partial charge in [-0.05, 0) is 89.8 Å². The Bertz CT molecular complexity index is 2910. The van der Waals surface area contributed by atoms with Gasteiger partial charge in [0.2, 0.25) is 0 Å². The third-order valence-corrected chi connectivity index (χ3v) is 10.2. The predicted octanol–water partition coefficient (Wildman–Crippen LogP) is 10.6. The molecule has 0 saturated carbocycles. The zero-order chi connectivity index (χ0) is 45.1. The van der Waals surface area contributed by atoms with Crippen molar-refractivity contribution in [3.8, 4) is 28.0 Å². The van der Waals surface area contributed by atoms with Crippen LogP contribution in [-0.4, -0.2) is 49.5 Å². The van der Waals surface area contributed by atoms with Crippen LogP contribution in [0.1, 0.15) is 58.5 Å². The standard InChI is InChI=1S/C24H26N6O2.C24H26N6O/c1-24(2,3)19-13-18(20-21(25)29-30-22(20)28-19)14-8-10-15(11-9-14)26-23(31)27-16-6-5-7-17(12-16)32-4;1-14-5-9-16(10-6-14)26-23(31)27-17-11-7-15(8-12-17)18-13-19(24(2,3)4)28-22-20(18)21(25)29-30-22/h5-13H,1-4H3,(H2,26,27,31)(H3,25,28,29,30);5-13H,1-4H3,(H2,26,27,31)(H3,25,28,29,30). The van der Waals surface area contributed by atoms with E-state index in [9.17, 15) is 9.59 Å². The first-order valence-electron chi connectivity index (χ1n) is 20.3. The number of amides is 4. The van der Waals surface area contributed by atoms with Gasteiger partial charge < -0.3 is 37.5 Å². The molecular formula is C48H52N12O3. The third-order valence-electron chi connectivity index (χ3n) is 10.2. The monoisotopic (exact) mass is 844 g/mol. The molecule has 63 heavy (non-hydrogen) atoms. The lowest BCUT2D eigenvalue weighted by atomic mass is 9.89. The fourth-order valence-corrected chi connectivity index (χ4v) is 6.71. The summed E-state index contributed by atoms with van der Waals surface area (Å²) in [6.45, 7) is 14.7. The van der Waals surface area contributed by atoms with Gasteiger partial charge in [0, 0.05) is 51.0 Å². The minimum Gasteiger partial charge on any atom is -0.497 e. The quantitative estimate of drug-likeness (QED) is 0.0762. The lowest BCUT2D eigenvalue weighted by molar-refractivity contribution is 0.261. The molecular weight excluding hydrogens is 793 g/mol. The molecule has 322 valence electrons. The summed E-state index contributed by atoms with van der Waals surface area (Å²) in [4.78, 5) is 34.0. The van der Waals surface area contributed by atoms with Crippen molar-refractivity contribution in [3.05, 3.63) is 126 Å². The summed E-state index contributed by atoms with van der Waals surface area (Å²) in [5, 5.41) is 27.1. The zero-order valence-corrected chi connectivity index (χ0v) is 36.6. The van der Waals surface area contributed by atoms with Gasteiger partial charge in [-0.1, -0.05) is 89.6 Å². The van der Waals surface area contributed by atoms with E-state index < -0.39 is 0 Å². The summed E-state index contributed by atoms with van der Waals surface area (Å²) in [5.41, 5.74) is 22.7. The normalized spacial score (nSPS) is 11.4. The van der Waals surface area contributed by atoms with E-state index >= 15 is 0 Å². The van der Waals surface area contributed by atoms with E-state index in [2.05, 4.69) is 99.2 Å². The van der Waals surface area contributed by atoms with Gasteiger partial charge in [-0.2, -0.15) is 10.2 Å². The van der Waals surface area contributed by atoms with Gasteiger partial charge in [-0.15, -0.1) is 0 Å². The molecule has 4 amide bonds. The number of aromatic nitrogens is 6. The Morgan fingerprint density at radius 1 is 0.556 bits per heavy atom. The van der Waals surface area contributed by atoms with E-state index in [0.29, 0.717) is 45.7 Å². The van der Waals surface area contributed by atoms with E-state index in [-0.39, 0.29) is 22.9 Å². The van der Waals surface area contributed by atoms with E-state index in [1.807, 2.05) is 97.9 Å². The molecule has 0 atom stereocenters. The van der Waals surface area contributed by atoms with Gasteiger partial charge in [0.25, 0.3) is 0 Å². The van der Waals surface area contributed by atoms with Crippen LogP contribution in [0.3, 0.4) is 0 Å². The summed E-state index contributed by atoms with van der Waals surface area (Å²) >= 11 is 0. The second kappa shape index (κ2) is 17.6. The van der Waals surface area contributed by atoms with Gasteiger partial charge in [0.15, 0.2) is 11.3 Å². The Hall–Kier alpha value is -7.94. The average Bonchev–Trinajstić information content (AvgIpc) is 3.82. The minimum atomic E-state index is -0.341. The average molecular weight is 845 g/mol. The molecule has 0 spiro atoms. The molecule has 15 heteroatoms. The predicted molar refractivity (Wildman–Crippen MR) is 254 cm³/mol. The molecule has 0 saturated heterocycles. The molecule has 10 N–H and O–H groups in total. The van der Waals surface area contributed by atoms with E-state index in [1.165, 1.54) is 0 Å². The van der Waals surface area contributed by atoms with Crippen molar-refractivity contribution >= 4 is 68.5 Å². The highest BCUT2D eigenvalue weighted by Crippen LogP contribution is 2.36. The lowest BCUT2D eigenvalue weighted by Gasteiger charge is -2.19. The van der Waals surface area contributed by atoms with Crippen molar-refractivity contribution in [3.63, 3.8) is 0 Å². The minimum absolute atomic E-state index is 0.133. The number of hydrogen-bond acceptors (Lipinski definition) is 9. The van der Waals surface area contributed by atoms with Gasteiger partial charge in [0.05, 0.1) is 17.9 Å². The number of ether oxygens (including phenoxy) is 1. The number of nitrogens with zero attached hydrogens (tertiary/aromatic N) is 4. The maximum absolute atomic E-state index is 12.4. The number of rotatable bonds is 7. The number of H-pyrrole nitrogens is 2. The van der Waals surface area contributed by atoms with Crippen LogP contribution >= 0.6 is 0 Å². The number of pyridine rings is 2. The van der Waals surface area contributed by atoms with Crippen LogP contribution in [0.5, 0.6) is 5.75 Å². The van der Waals surface area contributed by atoms with Crippen molar-refractivity contribution < 1.29 is 14.3 Å². The van der Waals surface area contributed by atoms with Crippen molar-refractivity contribution in [2.45, 2.75) is 59.3 Å². The summed E-state index contributed by atoms with van der Waals surface area (Å²) in [5.74, 6) is 1.63. The molecule has 0 aliphatic rings. The molecule has 8 rings (SSSR count). The maximum Gasteiger partial charge on any atom is 0.323 e. The van der Waals surface area contributed by atoms with E-state index in [0.717, 1.165) is 55.7 Å². The Labute approximate surface area is 365 Å². The molecule has 4 aromatic carbocycles. The fourth-order valence-electron chi connectivity index (χ4n) is 6.71. The molecule has 0 aliphatic heterocycles. The largest absolute Gasteiger partial charge is 0.497 e. The van der Waals surface area contributed by atoms with Crippen molar-refractivity contribution in [2.75, 3.05) is 39.8 Å². The first kappa shape index (κ1) is 43.2. The number of methoxy groups -OCH3 is 1. The van der Waals surface area contributed by atoms with Crippen LogP contribution in [0.15, 0.2) is 109 Å². The molecule has 4 aromatic heterocycles. The molecule has 0 unspecified atom stereocenters. The van der Waals surface area contributed by atoms with E-state index in [1.54, 1.807) is 19.2 Å². The highest BCUT2D eigenvalue weighted by Gasteiger charge is 2.22. The molecule has 0 bridgehead atoms. The maximum atomic E-state index is 12.4. The van der Waals surface area contributed by atoms with Crippen LogP contribution in [0.4, 0.5) is 44.0 Å². The van der Waals surface area contributed by atoms with Crippen LogP contribution in [-0.2, 0) is 10.8 Å². The van der Waals surface area contributed by atoms with Crippen LogP contribution in [0.2, 0.25) is 0 Å². The van der Waals surface area contributed by atoms with Crippen LogP contribution in [0.25, 0.3) is 44.3 Å². The second-order valence-electron chi connectivity index (χ2n) is 17.2. The molecule has 0 radical (unpaired) electrons. The number of anilines is 6. The highest BCUT2D eigenvalue weighted by molar-refractivity contribution is 6.03. The number of carbonyl (C=O) groups is 2. The first-order valence-corrected chi connectivity index (χ1v) is 20.3. The molecule has 15 nitrogen and oxygen atoms in total. The molecule has 0 fully saturated rings. The number of fused-ring (bicyclic) bond motifs is 2. The summed E-state index contributed by atoms with van der Waals surface area (Å²) < 4.78 is 5.18. The number of carbonyl (C=O) groups excluding carboxylic acids is 2. The van der Waals surface area contributed by atoms with Crippen molar-refractivity contribution in [1.29, 1.82) is 0 Å². The van der Waals surface area contributed by atoms with E-state index in [4.69, 9.17) is 16.2 Å². The van der Waals surface area contributed by atoms with Gasteiger partial charge in [-0.3, -0.25) is 10.2 Å². The molecule has 0 aliphatic carbocycles. The van der Waals surface area contributed by atoms with Crippen molar-refractivity contribution in [2.24, 2.45) is 0 Å². The van der Waals surface area contributed by atoms with Gasteiger partial charge in [0.1, 0.15) is 17.4 Å². The summed E-state index contributed by atoms with van der Waals surface area (Å²) in [6, 6.07) is 33.5. The second-order valence-corrected chi connectivity index (χ2v) is 17.2. The highest BCUT2D eigenvalue weighted by atomic mass is 16.5. The number of aromatic amines is 2. The Morgan fingerprint density at radius 2 is 0.952 bits per heavy atom. The van der Waals surface area contributed by atoms with Crippen molar-refractivity contribution in [1.82, 2.24) is 30.4 Å².